The van der Waals surface area contributed by atoms with E-state index in [0.29, 0.717) is 12.2 Å². The summed E-state index contributed by atoms with van der Waals surface area (Å²) in [6, 6.07) is 5.52. The summed E-state index contributed by atoms with van der Waals surface area (Å²) < 4.78 is 13.1. The quantitative estimate of drug-likeness (QED) is 0.940. The van der Waals surface area contributed by atoms with E-state index in [0.717, 1.165) is 29.8 Å². The lowest BCUT2D eigenvalue weighted by Gasteiger charge is -2.29. The molecule has 2 heterocycles. The van der Waals surface area contributed by atoms with E-state index < -0.39 is 6.10 Å². The van der Waals surface area contributed by atoms with Gasteiger partial charge in [-0.15, -0.1) is 0 Å². The molecule has 0 amide bonds. The Labute approximate surface area is 124 Å². The van der Waals surface area contributed by atoms with Crippen molar-refractivity contribution >= 4 is 0 Å². The van der Waals surface area contributed by atoms with Crippen molar-refractivity contribution in [2.24, 2.45) is 0 Å². The van der Waals surface area contributed by atoms with Crippen LogP contribution in [0.15, 0.2) is 30.6 Å². The number of aliphatic hydroxyl groups is 1. The van der Waals surface area contributed by atoms with Gasteiger partial charge < -0.3 is 14.6 Å². The average molecular weight is 288 g/mol. The van der Waals surface area contributed by atoms with Crippen LogP contribution in [-0.2, 0) is 6.54 Å². The van der Waals surface area contributed by atoms with E-state index in [2.05, 4.69) is 12.0 Å². The molecule has 0 fully saturated rings. The highest BCUT2D eigenvalue weighted by Gasteiger charge is 2.29. The number of nitrogens with zero attached hydrogens (tertiary/aromatic N) is 2. The van der Waals surface area contributed by atoms with E-state index in [1.807, 2.05) is 35.3 Å². The van der Waals surface area contributed by atoms with Crippen molar-refractivity contribution in [3.63, 3.8) is 0 Å². The molecule has 2 unspecified atom stereocenters. The van der Waals surface area contributed by atoms with Gasteiger partial charge in [0.05, 0.1) is 19.4 Å². The van der Waals surface area contributed by atoms with Crippen LogP contribution in [0.3, 0.4) is 0 Å². The zero-order valence-corrected chi connectivity index (χ0v) is 12.3. The molecule has 112 valence electrons. The Morgan fingerprint density at radius 2 is 2.33 bits per heavy atom. The maximum Gasteiger partial charge on any atom is 0.130 e. The summed E-state index contributed by atoms with van der Waals surface area (Å²) in [5, 5.41) is 14.7. The Bertz CT molecular complexity index is 624. The van der Waals surface area contributed by atoms with E-state index in [1.165, 1.54) is 0 Å². The molecule has 2 aromatic rings. The van der Waals surface area contributed by atoms with E-state index in [9.17, 15) is 5.11 Å². The van der Waals surface area contributed by atoms with Gasteiger partial charge in [0, 0.05) is 30.3 Å². The molecule has 21 heavy (non-hydrogen) atoms. The Hall–Kier alpha value is -2.01. The summed E-state index contributed by atoms with van der Waals surface area (Å²) >= 11 is 0. The van der Waals surface area contributed by atoms with Crippen molar-refractivity contribution in [2.75, 3.05) is 7.11 Å². The molecular weight excluding hydrogens is 268 g/mol. The third-order valence-electron chi connectivity index (χ3n) is 3.76. The molecule has 3 rings (SSSR count). The van der Waals surface area contributed by atoms with Gasteiger partial charge in [0.1, 0.15) is 17.6 Å². The first-order valence-corrected chi connectivity index (χ1v) is 7.26. The van der Waals surface area contributed by atoms with Crippen LogP contribution >= 0.6 is 0 Å². The molecule has 0 bridgehead atoms. The highest BCUT2D eigenvalue weighted by molar-refractivity contribution is 5.43. The van der Waals surface area contributed by atoms with E-state index in [-0.39, 0.29) is 6.10 Å². The van der Waals surface area contributed by atoms with E-state index in [1.54, 1.807) is 7.11 Å². The summed E-state index contributed by atoms with van der Waals surface area (Å²) in [4.78, 5) is 0. The predicted molar refractivity (Wildman–Crippen MR) is 78.5 cm³/mol. The molecule has 1 aromatic heterocycles. The zero-order valence-electron chi connectivity index (χ0n) is 12.3. The smallest absolute Gasteiger partial charge is 0.130 e. The minimum absolute atomic E-state index is 0.161. The molecule has 1 N–H and O–H groups in total. The lowest BCUT2D eigenvalue weighted by molar-refractivity contribution is 0.0654. The second kappa shape index (κ2) is 5.77. The van der Waals surface area contributed by atoms with Crippen LogP contribution < -0.4 is 9.47 Å². The van der Waals surface area contributed by atoms with E-state index in [4.69, 9.17) is 9.47 Å². The van der Waals surface area contributed by atoms with Crippen LogP contribution in [0.5, 0.6) is 11.5 Å². The van der Waals surface area contributed by atoms with Gasteiger partial charge in [0.2, 0.25) is 0 Å². The molecule has 0 saturated carbocycles. The number of benzene rings is 1. The van der Waals surface area contributed by atoms with Crippen LogP contribution in [0.1, 0.15) is 43.1 Å². The number of aromatic nitrogens is 2. The van der Waals surface area contributed by atoms with Gasteiger partial charge in [0.15, 0.2) is 0 Å². The molecule has 0 radical (unpaired) electrons. The largest absolute Gasteiger partial charge is 0.497 e. The van der Waals surface area contributed by atoms with Gasteiger partial charge in [-0.2, -0.15) is 5.10 Å². The SMILES string of the molecule is CCCn1cc(C2CC(O)c3cc(OC)ccc3O2)cn1. The molecule has 0 saturated heterocycles. The normalized spacial score (nSPS) is 20.7. The highest BCUT2D eigenvalue weighted by Crippen LogP contribution is 2.42. The fourth-order valence-electron chi connectivity index (χ4n) is 2.65. The summed E-state index contributed by atoms with van der Waals surface area (Å²) in [6.45, 7) is 3.01. The van der Waals surface area contributed by atoms with Crippen molar-refractivity contribution in [1.29, 1.82) is 0 Å². The molecule has 0 spiro atoms. The van der Waals surface area contributed by atoms with Crippen LogP contribution in [0.2, 0.25) is 0 Å². The molecule has 1 aliphatic heterocycles. The average Bonchev–Trinajstić information content (AvgIpc) is 2.96. The van der Waals surface area contributed by atoms with Crippen molar-refractivity contribution in [2.45, 2.75) is 38.5 Å². The standard InChI is InChI=1S/C16H20N2O3/c1-3-6-18-10-11(9-17-18)16-8-14(19)13-7-12(20-2)4-5-15(13)21-16/h4-5,7,9-10,14,16,19H,3,6,8H2,1-2H3. The number of aryl methyl sites for hydroxylation is 1. The maximum absolute atomic E-state index is 10.4. The number of ether oxygens (including phenoxy) is 2. The zero-order chi connectivity index (χ0) is 14.8. The fourth-order valence-corrected chi connectivity index (χ4v) is 2.65. The molecule has 1 aromatic carbocycles. The highest BCUT2D eigenvalue weighted by atomic mass is 16.5. The Kier molecular flexibility index (Phi) is 3.84. The summed E-state index contributed by atoms with van der Waals surface area (Å²) in [5.41, 5.74) is 1.79. The third kappa shape index (κ3) is 2.74. The number of aliphatic hydroxyl groups excluding tert-OH is 1. The second-order valence-electron chi connectivity index (χ2n) is 5.30. The first-order chi connectivity index (χ1) is 10.2. The van der Waals surface area contributed by atoms with Crippen molar-refractivity contribution in [3.8, 4) is 11.5 Å². The van der Waals surface area contributed by atoms with Crippen molar-refractivity contribution in [1.82, 2.24) is 9.78 Å². The number of fused-ring (bicyclic) bond motifs is 1. The number of hydrogen-bond donors (Lipinski definition) is 1. The fraction of sp³-hybridized carbons (Fsp3) is 0.438. The van der Waals surface area contributed by atoms with Crippen molar-refractivity contribution in [3.05, 3.63) is 41.7 Å². The van der Waals surface area contributed by atoms with Gasteiger partial charge in [-0.1, -0.05) is 6.92 Å². The topological polar surface area (TPSA) is 56.5 Å². The van der Waals surface area contributed by atoms with Gasteiger partial charge in [0.25, 0.3) is 0 Å². The lowest BCUT2D eigenvalue weighted by Crippen LogP contribution is -2.18. The Morgan fingerprint density at radius 3 is 3.10 bits per heavy atom. The van der Waals surface area contributed by atoms with Crippen LogP contribution in [0, 0.1) is 0 Å². The Morgan fingerprint density at radius 1 is 1.48 bits per heavy atom. The number of rotatable bonds is 4. The van der Waals surface area contributed by atoms with Gasteiger partial charge in [-0.25, -0.2) is 0 Å². The minimum atomic E-state index is -0.552. The Balaban J connectivity index is 1.83. The monoisotopic (exact) mass is 288 g/mol. The van der Waals surface area contributed by atoms with Gasteiger partial charge in [-0.3, -0.25) is 4.68 Å². The molecular formula is C16H20N2O3. The molecule has 2 atom stereocenters. The maximum atomic E-state index is 10.4. The van der Waals surface area contributed by atoms with Crippen LogP contribution in [-0.4, -0.2) is 22.0 Å². The first kappa shape index (κ1) is 13.9. The summed E-state index contributed by atoms with van der Waals surface area (Å²) in [5.74, 6) is 1.44. The van der Waals surface area contributed by atoms with Crippen molar-refractivity contribution < 1.29 is 14.6 Å². The van der Waals surface area contributed by atoms with Crippen LogP contribution in [0.25, 0.3) is 0 Å². The molecule has 5 nitrogen and oxygen atoms in total. The summed E-state index contributed by atoms with van der Waals surface area (Å²) in [6.07, 6.45) is 4.67. The third-order valence-corrected chi connectivity index (χ3v) is 3.76. The van der Waals surface area contributed by atoms with Gasteiger partial charge >= 0.3 is 0 Å². The molecule has 5 heteroatoms. The second-order valence-corrected chi connectivity index (χ2v) is 5.30. The summed E-state index contributed by atoms with van der Waals surface area (Å²) in [7, 11) is 1.61. The predicted octanol–water partition coefficient (Wildman–Crippen LogP) is 2.86. The number of methoxy groups -OCH3 is 1. The van der Waals surface area contributed by atoms with E-state index >= 15 is 0 Å². The van der Waals surface area contributed by atoms with Gasteiger partial charge in [-0.05, 0) is 24.6 Å². The lowest BCUT2D eigenvalue weighted by atomic mass is 9.96. The molecule has 0 aliphatic carbocycles. The molecule has 1 aliphatic rings. The number of hydrogen-bond acceptors (Lipinski definition) is 4. The minimum Gasteiger partial charge on any atom is -0.497 e. The van der Waals surface area contributed by atoms with Crippen LogP contribution in [0.4, 0.5) is 0 Å². The first-order valence-electron chi connectivity index (χ1n) is 7.26.